The molecule has 3 aromatic heterocycles. The SMILES string of the molecule is Cn1c(Cn2ccnc2)nnc1[C@H]1CCCN(c2nc3ccccc3s2)C1. The van der Waals surface area contributed by atoms with E-state index in [9.17, 15) is 0 Å². The van der Waals surface area contributed by atoms with Crippen molar-refractivity contribution in [1.29, 1.82) is 0 Å². The maximum atomic E-state index is 4.83. The van der Waals surface area contributed by atoms with Gasteiger partial charge in [-0.25, -0.2) is 9.97 Å². The van der Waals surface area contributed by atoms with E-state index in [2.05, 4.69) is 49.9 Å². The van der Waals surface area contributed by atoms with Crippen LogP contribution < -0.4 is 4.90 Å². The predicted octanol–water partition coefficient (Wildman–Crippen LogP) is 3.05. The summed E-state index contributed by atoms with van der Waals surface area (Å²) in [7, 11) is 2.07. The van der Waals surface area contributed by atoms with Gasteiger partial charge < -0.3 is 14.0 Å². The number of hydrogen-bond donors (Lipinski definition) is 0. The second kappa shape index (κ2) is 6.77. The van der Waals surface area contributed by atoms with Crippen LogP contribution in [0.1, 0.15) is 30.4 Å². The third-order valence-electron chi connectivity index (χ3n) is 5.22. The Hall–Kier alpha value is -2.74. The van der Waals surface area contributed by atoms with E-state index < -0.39 is 0 Å². The summed E-state index contributed by atoms with van der Waals surface area (Å²) in [6, 6.07) is 8.35. The van der Waals surface area contributed by atoms with Gasteiger partial charge in [0.1, 0.15) is 5.82 Å². The molecule has 1 atom stereocenters. The first-order chi connectivity index (χ1) is 13.3. The summed E-state index contributed by atoms with van der Waals surface area (Å²) < 4.78 is 5.41. The van der Waals surface area contributed by atoms with Gasteiger partial charge in [0.25, 0.3) is 0 Å². The highest BCUT2D eigenvalue weighted by atomic mass is 32.1. The second-order valence-corrected chi connectivity index (χ2v) is 8.03. The number of piperidine rings is 1. The van der Waals surface area contributed by atoms with Crippen molar-refractivity contribution in [2.75, 3.05) is 18.0 Å². The largest absolute Gasteiger partial charge is 0.347 e. The average molecular weight is 379 g/mol. The normalized spacial score (nSPS) is 17.7. The number of anilines is 1. The predicted molar refractivity (Wildman–Crippen MR) is 106 cm³/mol. The van der Waals surface area contributed by atoms with E-state index in [1.165, 1.54) is 4.70 Å². The highest BCUT2D eigenvalue weighted by Crippen LogP contribution is 2.33. The monoisotopic (exact) mass is 379 g/mol. The molecule has 0 spiro atoms. The number of benzene rings is 1. The zero-order valence-corrected chi connectivity index (χ0v) is 16.0. The molecule has 1 fully saturated rings. The summed E-state index contributed by atoms with van der Waals surface area (Å²) in [5, 5.41) is 10.1. The summed E-state index contributed by atoms with van der Waals surface area (Å²) >= 11 is 1.77. The summed E-state index contributed by atoms with van der Waals surface area (Å²) in [6.45, 7) is 2.69. The first-order valence-corrected chi connectivity index (χ1v) is 10.0. The van der Waals surface area contributed by atoms with E-state index >= 15 is 0 Å². The van der Waals surface area contributed by atoms with E-state index in [1.807, 2.05) is 23.2 Å². The molecule has 4 heterocycles. The van der Waals surface area contributed by atoms with Crippen molar-refractivity contribution in [3.05, 3.63) is 54.6 Å². The molecule has 5 rings (SSSR count). The van der Waals surface area contributed by atoms with Crippen molar-refractivity contribution in [2.45, 2.75) is 25.3 Å². The van der Waals surface area contributed by atoms with Crippen LogP contribution >= 0.6 is 11.3 Å². The molecule has 0 bridgehead atoms. The molecule has 0 saturated carbocycles. The minimum absolute atomic E-state index is 0.375. The number of hydrogen-bond acceptors (Lipinski definition) is 6. The summed E-state index contributed by atoms with van der Waals surface area (Å²) in [5.41, 5.74) is 1.08. The Bertz CT molecular complexity index is 1020. The Morgan fingerprint density at radius 1 is 1.22 bits per heavy atom. The molecule has 27 heavy (non-hydrogen) atoms. The van der Waals surface area contributed by atoms with Gasteiger partial charge in [0.15, 0.2) is 11.0 Å². The van der Waals surface area contributed by atoms with Crippen LogP contribution in [0.4, 0.5) is 5.13 Å². The van der Waals surface area contributed by atoms with Gasteiger partial charge in [-0.15, -0.1) is 10.2 Å². The van der Waals surface area contributed by atoms with E-state index in [-0.39, 0.29) is 0 Å². The molecule has 0 N–H and O–H groups in total. The lowest BCUT2D eigenvalue weighted by Gasteiger charge is -2.31. The zero-order chi connectivity index (χ0) is 18.2. The van der Waals surface area contributed by atoms with Gasteiger partial charge in [-0.3, -0.25) is 0 Å². The fraction of sp³-hybridized carbons (Fsp3) is 0.368. The Kier molecular flexibility index (Phi) is 4.12. The maximum Gasteiger partial charge on any atom is 0.186 e. The van der Waals surface area contributed by atoms with E-state index in [1.54, 1.807) is 17.5 Å². The lowest BCUT2D eigenvalue weighted by molar-refractivity contribution is 0.478. The van der Waals surface area contributed by atoms with Gasteiger partial charge >= 0.3 is 0 Å². The third-order valence-corrected chi connectivity index (χ3v) is 6.32. The molecule has 0 radical (unpaired) electrons. The number of thiazole rings is 1. The Morgan fingerprint density at radius 3 is 3.00 bits per heavy atom. The number of para-hydroxylation sites is 1. The topological polar surface area (TPSA) is 64.7 Å². The van der Waals surface area contributed by atoms with Crippen LogP contribution in [0.15, 0.2) is 43.0 Å². The van der Waals surface area contributed by atoms with Crippen LogP contribution in [0.5, 0.6) is 0 Å². The first-order valence-electron chi connectivity index (χ1n) is 9.22. The quantitative estimate of drug-likeness (QED) is 0.545. The van der Waals surface area contributed by atoms with Crippen LogP contribution in [-0.2, 0) is 13.6 Å². The molecule has 8 heteroatoms. The lowest BCUT2D eigenvalue weighted by Crippen LogP contribution is -2.35. The van der Waals surface area contributed by atoms with Gasteiger partial charge in [-0.05, 0) is 25.0 Å². The summed E-state index contributed by atoms with van der Waals surface area (Å²) in [6.07, 6.45) is 7.82. The first kappa shape index (κ1) is 16.4. The molecule has 7 nitrogen and oxygen atoms in total. The Morgan fingerprint density at radius 2 is 2.15 bits per heavy atom. The summed E-state index contributed by atoms with van der Waals surface area (Å²) in [4.78, 5) is 11.3. The molecule has 0 aliphatic carbocycles. The zero-order valence-electron chi connectivity index (χ0n) is 15.2. The van der Waals surface area contributed by atoms with Crippen molar-refractivity contribution in [3.63, 3.8) is 0 Å². The Labute approximate surface area is 161 Å². The van der Waals surface area contributed by atoms with Gasteiger partial charge in [0.05, 0.1) is 23.1 Å². The number of imidazole rings is 1. The molecule has 4 aromatic rings. The van der Waals surface area contributed by atoms with E-state index in [0.717, 1.165) is 48.2 Å². The molecule has 0 unspecified atom stereocenters. The van der Waals surface area contributed by atoms with Gasteiger partial charge in [0.2, 0.25) is 0 Å². The molecule has 138 valence electrons. The highest BCUT2D eigenvalue weighted by Gasteiger charge is 2.27. The fourth-order valence-corrected chi connectivity index (χ4v) is 4.77. The van der Waals surface area contributed by atoms with Gasteiger partial charge in [0, 0.05) is 38.4 Å². The summed E-state index contributed by atoms with van der Waals surface area (Å²) in [5.74, 6) is 2.40. The molecule has 1 aromatic carbocycles. The molecule has 1 saturated heterocycles. The molecular weight excluding hydrogens is 358 g/mol. The molecule has 0 amide bonds. The number of aromatic nitrogens is 6. The highest BCUT2D eigenvalue weighted by molar-refractivity contribution is 7.22. The minimum atomic E-state index is 0.375. The van der Waals surface area contributed by atoms with Crippen molar-refractivity contribution in [3.8, 4) is 0 Å². The standard InChI is InChI=1S/C19H21N7S/c1-24-17(12-25-10-8-20-13-25)22-23-18(24)14-5-4-9-26(11-14)19-21-15-6-2-3-7-16(15)27-19/h2-3,6-8,10,13-14H,4-5,9,11-12H2,1H3/t14-/m0/s1. The van der Waals surface area contributed by atoms with Crippen molar-refractivity contribution in [1.82, 2.24) is 29.3 Å². The molecular formula is C19H21N7S. The Balaban J connectivity index is 1.37. The van der Waals surface area contributed by atoms with Crippen LogP contribution in [0.3, 0.4) is 0 Å². The number of rotatable bonds is 4. The maximum absolute atomic E-state index is 4.83. The fourth-order valence-electron chi connectivity index (χ4n) is 3.77. The van der Waals surface area contributed by atoms with Gasteiger partial charge in [-0.1, -0.05) is 23.5 Å². The number of nitrogens with zero attached hydrogens (tertiary/aromatic N) is 7. The van der Waals surface area contributed by atoms with E-state index in [4.69, 9.17) is 4.98 Å². The van der Waals surface area contributed by atoms with Crippen molar-refractivity contribution < 1.29 is 0 Å². The second-order valence-electron chi connectivity index (χ2n) is 7.02. The number of fused-ring (bicyclic) bond motifs is 1. The third kappa shape index (κ3) is 3.10. The van der Waals surface area contributed by atoms with Crippen molar-refractivity contribution in [2.24, 2.45) is 7.05 Å². The van der Waals surface area contributed by atoms with Crippen LogP contribution in [0.25, 0.3) is 10.2 Å². The molecule has 1 aliphatic heterocycles. The van der Waals surface area contributed by atoms with Crippen LogP contribution in [0.2, 0.25) is 0 Å². The molecule has 1 aliphatic rings. The minimum Gasteiger partial charge on any atom is -0.347 e. The average Bonchev–Trinajstić information content (AvgIpc) is 3.43. The van der Waals surface area contributed by atoms with Gasteiger partial charge in [-0.2, -0.15) is 0 Å². The lowest BCUT2D eigenvalue weighted by atomic mass is 9.97. The van der Waals surface area contributed by atoms with Crippen LogP contribution in [0, 0.1) is 0 Å². The van der Waals surface area contributed by atoms with Crippen molar-refractivity contribution >= 4 is 26.7 Å². The van der Waals surface area contributed by atoms with Crippen LogP contribution in [-0.4, -0.2) is 42.4 Å². The van der Waals surface area contributed by atoms with E-state index in [0.29, 0.717) is 12.5 Å². The smallest absolute Gasteiger partial charge is 0.186 e.